The van der Waals surface area contributed by atoms with Gasteiger partial charge in [-0.15, -0.1) is 0 Å². The highest BCUT2D eigenvalue weighted by Crippen LogP contribution is 2.50. The van der Waals surface area contributed by atoms with Gasteiger partial charge in [0.05, 0.1) is 18.1 Å². The number of hydrogen-bond acceptors (Lipinski definition) is 4. The Balaban J connectivity index is 1.33. The minimum absolute atomic E-state index is 0.0365. The summed E-state index contributed by atoms with van der Waals surface area (Å²) in [5, 5.41) is 2.91. The average Bonchev–Trinajstić information content (AvgIpc) is 3.56. The predicted octanol–water partition coefficient (Wildman–Crippen LogP) is 3.04. The zero-order valence-corrected chi connectivity index (χ0v) is 18.2. The molecule has 2 heterocycles. The Hall–Kier alpha value is -2.08. The molecule has 2 amide bonds. The summed E-state index contributed by atoms with van der Waals surface area (Å²) in [5.41, 5.74) is 0.693. The van der Waals surface area contributed by atoms with E-state index < -0.39 is 0 Å². The molecule has 1 spiro atoms. The van der Waals surface area contributed by atoms with E-state index in [-0.39, 0.29) is 22.8 Å². The van der Waals surface area contributed by atoms with Crippen LogP contribution in [-0.2, 0) is 19.7 Å². The SMILES string of the molecule is COc1ccc(C2(C(=O)N3CCC4(CC3)CC(CCNC(C)=O)CCO4)CC2)cc1. The van der Waals surface area contributed by atoms with Gasteiger partial charge in [0.25, 0.3) is 0 Å². The highest BCUT2D eigenvalue weighted by molar-refractivity contribution is 5.91. The predicted molar refractivity (Wildman–Crippen MR) is 114 cm³/mol. The molecule has 4 rings (SSSR count). The van der Waals surface area contributed by atoms with E-state index in [9.17, 15) is 9.59 Å². The van der Waals surface area contributed by atoms with Gasteiger partial charge in [-0.2, -0.15) is 0 Å². The molecule has 6 nitrogen and oxygen atoms in total. The first kappa shape index (κ1) is 21.2. The second-order valence-corrected chi connectivity index (χ2v) is 9.26. The molecule has 164 valence electrons. The van der Waals surface area contributed by atoms with E-state index in [0.717, 1.165) is 82.5 Å². The normalized spacial score (nSPS) is 24.3. The molecule has 6 heteroatoms. The third-order valence-electron chi connectivity index (χ3n) is 7.29. The first-order valence-electron chi connectivity index (χ1n) is 11.3. The summed E-state index contributed by atoms with van der Waals surface area (Å²) in [6, 6.07) is 7.98. The molecule has 3 fully saturated rings. The van der Waals surface area contributed by atoms with Crippen LogP contribution in [0.2, 0.25) is 0 Å². The Morgan fingerprint density at radius 3 is 2.47 bits per heavy atom. The van der Waals surface area contributed by atoms with Crippen molar-refractivity contribution in [2.45, 2.75) is 62.9 Å². The number of piperidine rings is 1. The minimum atomic E-state index is -0.328. The fourth-order valence-corrected chi connectivity index (χ4v) is 5.26. The van der Waals surface area contributed by atoms with Gasteiger partial charge in [0.15, 0.2) is 0 Å². The lowest BCUT2D eigenvalue weighted by atomic mass is 9.78. The van der Waals surface area contributed by atoms with E-state index in [0.29, 0.717) is 5.92 Å². The van der Waals surface area contributed by atoms with Crippen molar-refractivity contribution >= 4 is 11.8 Å². The highest BCUT2D eigenvalue weighted by atomic mass is 16.5. The van der Waals surface area contributed by atoms with Gasteiger partial charge in [0, 0.05) is 33.2 Å². The molecule has 1 unspecified atom stereocenters. The van der Waals surface area contributed by atoms with Crippen LogP contribution in [0.15, 0.2) is 24.3 Å². The molecule has 2 saturated heterocycles. The van der Waals surface area contributed by atoms with Gasteiger partial charge in [0.1, 0.15) is 5.75 Å². The van der Waals surface area contributed by atoms with E-state index in [1.165, 1.54) is 0 Å². The maximum absolute atomic E-state index is 13.4. The van der Waals surface area contributed by atoms with Gasteiger partial charge in [-0.05, 0) is 68.6 Å². The van der Waals surface area contributed by atoms with Crippen molar-refractivity contribution in [1.82, 2.24) is 10.2 Å². The number of carbonyl (C=O) groups is 2. The van der Waals surface area contributed by atoms with Crippen LogP contribution < -0.4 is 10.1 Å². The molecule has 0 bridgehead atoms. The Bertz CT molecular complexity index is 764. The number of amides is 2. The number of nitrogens with zero attached hydrogens (tertiary/aromatic N) is 1. The largest absolute Gasteiger partial charge is 0.497 e. The number of methoxy groups -OCH3 is 1. The average molecular weight is 415 g/mol. The third kappa shape index (κ3) is 4.34. The monoisotopic (exact) mass is 414 g/mol. The van der Waals surface area contributed by atoms with E-state index in [1.54, 1.807) is 14.0 Å². The number of rotatable bonds is 6. The fourth-order valence-electron chi connectivity index (χ4n) is 5.26. The molecule has 1 saturated carbocycles. The second kappa shape index (κ2) is 8.58. The minimum Gasteiger partial charge on any atom is -0.497 e. The Kier molecular flexibility index (Phi) is 6.05. The zero-order valence-electron chi connectivity index (χ0n) is 18.2. The first-order valence-corrected chi connectivity index (χ1v) is 11.3. The van der Waals surface area contributed by atoms with E-state index in [1.807, 2.05) is 24.3 Å². The quantitative estimate of drug-likeness (QED) is 0.777. The van der Waals surface area contributed by atoms with Gasteiger partial charge in [-0.1, -0.05) is 12.1 Å². The molecular weight excluding hydrogens is 380 g/mol. The zero-order chi connectivity index (χ0) is 21.2. The summed E-state index contributed by atoms with van der Waals surface area (Å²) in [5.74, 6) is 1.72. The first-order chi connectivity index (χ1) is 14.5. The second-order valence-electron chi connectivity index (χ2n) is 9.26. The summed E-state index contributed by atoms with van der Waals surface area (Å²) in [7, 11) is 1.66. The van der Waals surface area contributed by atoms with Crippen LogP contribution in [0, 0.1) is 5.92 Å². The van der Waals surface area contributed by atoms with Crippen molar-refractivity contribution in [2.75, 3.05) is 33.4 Å². The number of nitrogens with one attached hydrogen (secondary N) is 1. The fraction of sp³-hybridized carbons (Fsp3) is 0.667. The van der Waals surface area contributed by atoms with Gasteiger partial charge in [-0.3, -0.25) is 9.59 Å². The van der Waals surface area contributed by atoms with Crippen LogP contribution in [-0.4, -0.2) is 55.7 Å². The molecule has 1 atom stereocenters. The standard InChI is InChI=1S/C24H34N2O4/c1-18(27)25-13-7-19-8-16-30-23(17-19)11-14-26(15-12-23)22(28)24(9-10-24)20-3-5-21(29-2)6-4-20/h3-6,19H,7-17H2,1-2H3,(H,25,27). The summed E-state index contributed by atoms with van der Waals surface area (Å²) in [6.07, 6.45) is 6.79. The number of likely N-dealkylation sites (tertiary alicyclic amines) is 1. The molecule has 0 aromatic heterocycles. The number of carbonyl (C=O) groups excluding carboxylic acids is 2. The van der Waals surface area contributed by atoms with Crippen LogP contribution in [0.5, 0.6) is 5.75 Å². The lowest BCUT2D eigenvalue weighted by Crippen LogP contribution is -2.52. The van der Waals surface area contributed by atoms with Crippen LogP contribution in [0.1, 0.15) is 57.4 Å². The Morgan fingerprint density at radius 2 is 1.87 bits per heavy atom. The lowest BCUT2D eigenvalue weighted by Gasteiger charge is -2.47. The van der Waals surface area contributed by atoms with Crippen molar-refractivity contribution in [3.8, 4) is 5.75 Å². The molecule has 1 aliphatic carbocycles. The third-order valence-corrected chi connectivity index (χ3v) is 7.29. The van der Waals surface area contributed by atoms with Crippen molar-refractivity contribution in [3.63, 3.8) is 0 Å². The van der Waals surface area contributed by atoms with Crippen molar-refractivity contribution < 1.29 is 19.1 Å². The maximum Gasteiger partial charge on any atom is 0.233 e. The van der Waals surface area contributed by atoms with Crippen LogP contribution >= 0.6 is 0 Å². The van der Waals surface area contributed by atoms with E-state index in [4.69, 9.17) is 9.47 Å². The van der Waals surface area contributed by atoms with Gasteiger partial charge in [0.2, 0.25) is 11.8 Å². The summed E-state index contributed by atoms with van der Waals surface area (Å²) in [6.45, 7) is 4.64. The highest BCUT2D eigenvalue weighted by Gasteiger charge is 2.54. The van der Waals surface area contributed by atoms with E-state index in [2.05, 4.69) is 10.2 Å². The molecule has 2 aliphatic heterocycles. The molecule has 1 aromatic rings. The topological polar surface area (TPSA) is 67.9 Å². The molecule has 0 radical (unpaired) electrons. The van der Waals surface area contributed by atoms with Crippen LogP contribution in [0.3, 0.4) is 0 Å². The Morgan fingerprint density at radius 1 is 1.17 bits per heavy atom. The van der Waals surface area contributed by atoms with Gasteiger partial charge in [-0.25, -0.2) is 0 Å². The lowest BCUT2D eigenvalue weighted by molar-refractivity contribution is -0.149. The molecule has 3 aliphatic rings. The van der Waals surface area contributed by atoms with Crippen molar-refractivity contribution in [3.05, 3.63) is 29.8 Å². The number of benzene rings is 1. The molecule has 1 N–H and O–H groups in total. The van der Waals surface area contributed by atoms with Crippen LogP contribution in [0.4, 0.5) is 0 Å². The van der Waals surface area contributed by atoms with Crippen molar-refractivity contribution in [1.29, 1.82) is 0 Å². The van der Waals surface area contributed by atoms with Crippen LogP contribution in [0.25, 0.3) is 0 Å². The number of hydrogen-bond donors (Lipinski definition) is 1. The molecule has 1 aromatic carbocycles. The van der Waals surface area contributed by atoms with Gasteiger partial charge < -0.3 is 19.7 Å². The Labute approximate surface area is 179 Å². The molecular formula is C24H34N2O4. The summed E-state index contributed by atoms with van der Waals surface area (Å²) < 4.78 is 11.5. The smallest absolute Gasteiger partial charge is 0.233 e. The summed E-state index contributed by atoms with van der Waals surface area (Å²) in [4.78, 5) is 26.6. The van der Waals surface area contributed by atoms with Gasteiger partial charge >= 0.3 is 0 Å². The summed E-state index contributed by atoms with van der Waals surface area (Å²) >= 11 is 0. The van der Waals surface area contributed by atoms with E-state index >= 15 is 0 Å². The maximum atomic E-state index is 13.4. The van der Waals surface area contributed by atoms with Crippen molar-refractivity contribution in [2.24, 2.45) is 5.92 Å². The molecule has 30 heavy (non-hydrogen) atoms. The number of ether oxygens (including phenoxy) is 2.